The third-order valence-corrected chi connectivity index (χ3v) is 1.74. The topological polar surface area (TPSA) is 43.4 Å². The number of hydrogen-bond donors (Lipinski definition) is 1. The minimum absolute atomic E-state index is 0.236. The Morgan fingerprint density at radius 1 is 1.43 bits per heavy atom. The van der Waals surface area contributed by atoms with Gasteiger partial charge in [-0.2, -0.15) is 4.98 Å². The molecular weight excluding hydrogens is 180 g/mol. The number of nitrogens with one attached hydrogen (secondary N) is 1. The molecular formula is C10H16N2O2. The van der Waals surface area contributed by atoms with Crippen LogP contribution in [0.3, 0.4) is 0 Å². The summed E-state index contributed by atoms with van der Waals surface area (Å²) >= 11 is 0. The fourth-order valence-electron chi connectivity index (χ4n) is 1.15. The van der Waals surface area contributed by atoms with Gasteiger partial charge in [-0.05, 0) is 13.0 Å². The van der Waals surface area contributed by atoms with Crippen molar-refractivity contribution in [1.29, 1.82) is 0 Å². The van der Waals surface area contributed by atoms with E-state index in [2.05, 4.69) is 10.3 Å². The molecule has 4 nitrogen and oxygen atoms in total. The highest BCUT2D eigenvalue weighted by Crippen LogP contribution is 2.11. The van der Waals surface area contributed by atoms with Crippen molar-refractivity contribution in [3.8, 4) is 5.88 Å². The van der Waals surface area contributed by atoms with Crippen LogP contribution in [0.2, 0.25) is 0 Å². The van der Waals surface area contributed by atoms with Crippen LogP contribution < -0.4 is 10.1 Å². The Labute approximate surface area is 84.3 Å². The molecule has 0 spiro atoms. The maximum atomic E-state index is 5.01. The molecule has 0 fully saturated rings. The Morgan fingerprint density at radius 2 is 2.21 bits per heavy atom. The number of aromatic nitrogens is 1. The molecule has 0 saturated heterocycles. The van der Waals surface area contributed by atoms with Gasteiger partial charge in [0.05, 0.1) is 13.7 Å². The van der Waals surface area contributed by atoms with Gasteiger partial charge >= 0.3 is 0 Å². The van der Waals surface area contributed by atoms with E-state index in [0.29, 0.717) is 12.5 Å². The second-order valence-electron chi connectivity index (χ2n) is 3.07. The summed E-state index contributed by atoms with van der Waals surface area (Å²) in [4.78, 5) is 4.22. The SMILES string of the molecule is COCC(C)Nc1cccc(OC)n1. The number of hydrogen-bond acceptors (Lipinski definition) is 4. The molecule has 1 aromatic rings. The minimum Gasteiger partial charge on any atom is -0.481 e. The van der Waals surface area contributed by atoms with E-state index in [1.807, 2.05) is 25.1 Å². The Kier molecular flexibility index (Phi) is 4.19. The second kappa shape index (κ2) is 5.44. The van der Waals surface area contributed by atoms with Gasteiger partial charge in [0.1, 0.15) is 5.82 Å². The number of rotatable bonds is 5. The van der Waals surface area contributed by atoms with Crippen LogP contribution in [0.1, 0.15) is 6.92 Å². The van der Waals surface area contributed by atoms with Gasteiger partial charge < -0.3 is 14.8 Å². The van der Waals surface area contributed by atoms with Crippen molar-refractivity contribution in [1.82, 2.24) is 4.98 Å². The van der Waals surface area contributed by atoms with E-state index in [0.717, 1.165) is 5.82 Å². The van der Waals surface area contributed by atoms with E-state index in [-0.39, 0.29) is 6.04 Å². The lowest BCUT2D eigenvalue weighted by Gasteiger charge is -2.13. The monoisotopic (exact) mass is 196 g/mol. The zero-order valence-electron chi connectivity index (χ0n) is 8.78. The van der Waals surface area contributed by atoms with E-state index < -0.39 is 0 Å². The zero-order chi connectivity index (χ0) is 10.4. The first-order valence-electron chi connectivity index (χ1n) is 4.52. The highest BCUT2D eigenvalue weighted by molar-refractivity contribution is 5.37. The van der Waals surface area contributed by atoms with Crippen LogP contribution in [0.4, 0.5) is 5.82 Å². The molecule has 1 rings (SSSR count). The first-order valence-corrected chi connectivity index (χ1v) is 4.52. The fraction of sp³-hybridized carbons (Fsp3) is 0.500. The Morgan fingerprint density at radius 3 is 2.86 bits per heavy atom. The molecule has 14 heavy (non-hydrogen) atoms. The average molecular weight is 196 g/mol. The van der Waals surface area contributed by atoms with Crippen molar-refractivity contribution in [3.63, 3.8) is 0 Å². The fourth-order valence-corrected chi connectivity index (χ4v) is 1.15. The van der Waals surface area contributed by atoms with Crippen LogP contribution in [-0.4, -0.2) is 31.9 Å². The lowest BCUT2D eigenvalue weighted by Crippen LogP contribution is -2.21. The molecule has 0 aliphatic carbocycles. The van der Waals surface area contributed by atoms with Crippen molar-refractivity contribution in [2.45, 2.75) is 13.0 Å². The predicted molar refractivity (Wildman–Crippen MR) is 55.7 cm³/mol. The summed E-state index contributed by atoms with van der Waals surface area (Å²) in [5, 5.41) is 3.20. The predicted octanol–water partition coefficient (Wildman–Crippen LogP) is 1.54. The Hall–Kier alpha value is -1.29. The normalized spacial score (nSPS) is 12.2. The van der Waals surface area contributed by atoms with E-state index in [1.54, 1.807) is 14.2 Å². The lowest BCUT2D eigenvalue weighted by atomic mass is 10.3. The summed E-state index contributed by atoms with van der Waals surface area (Å²) in [6.45, 7) is 2.68. The van der Waals surface area contributed by atoms with Gasteiger partial charge in [0.15, 0.2) is 0 Å². The van der Waals surface area contributed by atoms with E-state index in [9.17, 15) is 0 Å². The van der Waals surface area contributed by atoms with Crippen molar-refractivity contribution >= 4 is 5.82 Å². The summed E-state index contributed by atoms with van der Waals surface area (Å²) in [6.07, 6.45) is 0. The maximum Gasteiger partial charge on any atom is 0.214 e. The first-order chi connectivity index (χ1) is 6.76. The Balaban J connectivity index is 2.57. The van der Waals surface area contributed by atoms with Gasteiger partial charge in [-0.15, -0.1) is 0 Å². The van der Waals surface area contributed by atoms with Gasteiger partial charge in [-0.1, -0.05) is 6.07 Å². The third-order valence-electron chi connectivity index (χ3n) is 1.74. The Bertz CT molecular complexity index is 279. The molecule has 1 heterocycles. The standard InChI is InChI=1S/C10H16N2O2/c1-8(7-13-2)11-9-5-4-6-10(12-9)14-3/h4-6,8H,7H2,1-3H3,(H,11,12). The summed E-state index contributed by atoms with van der Waals surface area (Å²) in [5.74, 6) is 1.41. The number of pyridine rings is 1. The minimum atomic E-state index is 0.236. The molecule has 4 heteroatoms. The molecule has 0 radical (unpaired) electrons. The van der Waals surface area contributed by atoms with Gasteiger partial charge in [0, 0.05) is 19.2 Å². The number of methoxy groups -OCH3 is 2. The maximum absolute atomic E-state index is 5.01. The van der Waals surface area contributed by atoms with E-state index in [4.69, 9.17) is 9.47 Å². The molecule has 1 N–H and O–H groups in total. The summed E-state index contributed by atoms with van der Waals surface area (Å²) < 4.78 is 10.0. The molecule has 0 aliphatic rings. The molecule has 0 amide bonds. The van der Waals surface area contributed by atoms with E-state index in [1.165, 1.54) is 0 Å². The second-order valence-corrected chi connectivity index (χ2v) is 3.07. The summed E-state index contributed by atoms with van der Waals surface area (Å²) in [6, 6.07) is 5.84. The molecule has 78 valence electrons. The molecule has 0 aromatic carbocycles. The van der Waals surface area contributed by atoms with Crippen LogP contribution >= 0.6 is 0 Å². The largest absolute Gasteiger partial charge is 0.481 e. The van der Waals surface area contributed by atoms with Gasteiger partial charge in [0.25, 0.3) is 0 Å². The van der Waals surface area contributed by atoms with Crippen molar-refractivity contribution < 1.29 is 9.47 Å². The number of nitrogens with zero attached hydrogens (tertiary/aromatic N) is 1. The third kappa shape index (κ3) is 3.22. The zero-order valence-corrected chi connectivity index (χ0v) is 8.78. The average Bonchev–Trinajstić information content (AvgIpc) is 2.18. The summed E-state index contributed by atoms with van der Waals surface area (Å²) in [7, 11) is 3.28. The molecule has 0 bridgehead atoms. The van der Waals surface area contributed by atoms with Crippen molar-refractivity contribution in [3.05, 3.63) is 18.2 Å². The molecule has 0 aliphatic heterocycles. The molecule has 0 saturated carbocycles. The molecule has 1 aromatic heterocycles. The molecule has 1 unspecified atom stereocenters. The van der Waals surface area contributed by atoms with Crippen LogP contribution in [0.5, 0.6) is 5.88 Å². The highest BCUT2D eigenvalue weighted by atomic mass is 16.5. The van der Waals surface area contributed by atoms with Crippen LogP contribution in [0.25, 0.3) is 0 Å². The first kappa shape index (κ1) is 10.8. The van der Waals surface area contributed by atoms with Crippen LogP contribution in [0.15, 0.2) is 18.2 Å². The van der Waals surface area contributed by atoms with Crippen LogP contribution in [0, 0.1) is 0 Å². The smallest absolute Gasteiger partial charge is 0.214 e. The lowest BCUT2D eigenvalue weighted by molar-refractivity contribution is 0.190. The van der Waals surface area contributed by atoms with Gasteiger partial charge in [0.2, 0.25) is 5.88 Å². The van der Waals surface area contributed by atoms with Crippen molar-refractivity contribution in [2.24, 2.45) is 0 Å². The van der Waals surface area contributed by atoms with Crippen LogP contribution in [-0.2, 0) is 4.74 Å². The molecule has 1 atom stereocenters. The summed E-state index contributed by atoms with van der Waals surface area (Å²) in [5.41, 5.74) is 0. The van der Waals surface area contributed by atoms with Gasteiger partial charge in [-0.3, -0.25) is 0 Å². The quantitative estimate of drug-likeness (QED) is 0.775. The number of anilines is 1. The highest BCUT2D eigenvalue weighted by Gasteiger charge is 2.02. The number of ether oxygens (including phenoxy) is 2. The van der Waals surface area contributed by atoms with Gasteiger partial charge in [-0.25, -0.2) is 0 Å². The van der Waals surface area contributed by atoms with Crippen molar-refractivity contribution in [2.75, 3.05) is 26.1 Å². The van der Waals surface area contributed by atoms with E-state index >= 15 is 0 Å².